The molecule has 1 saturated heterocycles. The maximum Gasteiger partial charge on any atom is 0.225 e. The van der Waals surface area contributed by atoms with Crippen LogP contribution >= 0.6 is 0 Å². The Labute approximate surface area is 95.8 Å². The van der Waals surface area contributed by atoms with Crippen molar-refractivity contribution in [2.24, 2.45) is 0 Å². The Kier molecular flexibility index (Phi) is 3.93. The average Bonchev–Trinajstić information content (AvgIpc) is 2.59. The van der Waals surface area contributed by atoms with Crippen molar-refractivity contribution in [1.29, 1.82) is 0 Å². The van der Waals surface area contributed by atoms with Crippen molar-refractivity contribution in [3.63, 3.8) is 0 Å². The van der Waals surface area contributed by atoms with E-state index in [0.717, 1.165) is 44.3 Å². The lowest BCUT2D eigenvalue weighted by Crippen LogP contribution is -2.29. The molecule has 1 fully saturated rings. The van der Waals surface area contributed by atoms with Crippen molar-refractivity contribution < 1.29 is 4.74 Å². The van der Waals surface area contributed by atoms with Gasteiger partial charge in [-0.15, -0.1) is 0 Å². The fraction of sp³-hybridized carbons (Fsp3) is 0.636. The quantitative estimate of drug-likeness (QED) is 0.815. The molecule has 1 aromatic rings. The molecule has 0 aliphatic carbocycles. The highest BCUT2D eigenvalue weighted by Gasteiger charge is 2.11. The minimum absolute atomic E-state index is 0.649. The Morgan fingerprint density at radius 3 is 2.88 bits per heavy atom. The second kappa shape index (κ2) is 5.65. The first-order chi connectivity index (χ1) is 7.90. The zero-order valence-corrected chi connectivity index (χ0v) is 9.65. The monoisotopic (exact) mass is 222 g/mol. The topological polar surface area (TPSA) is 50.3 Å². The molecule has 1 aliphatic heterocycles. The van der Waals surface area contributed by atoms with Crippen LogP contribution in [0.1, 0.15) is 13.3 Å². The number of hydrogen-bond acceptors (Lipinski definition) is 5. The zero-order chi connectivity index (χ0) is 11.2. The van der Waals surface area contributed by atoms with Gasteiger partial charge in [0.05, 0.1) is 19.0 Å². The van der Waals surface area contributed by atoms with E-state index in [4.69, 9.17) is 4.74 Å². The molecule has 0 spiro atoms. The molecular weight excluding hydrogens is 204 g/mol. The molecule has 0 saturated carbocycles. The van der Waals surface area contributed by atoms with Crippen molar-refractivity contribution in [1.82, 2.24) is 15.3 Å². The van der Waals surface area contributed by atoms with Gasteiger partial charge in [0.15, 0.2) is 5.75 Å². The van der Waals surface area contributed by atoms with E-state index in [1.54, 1.807) is 12.4 Å². The van der Waals surface area contributed by atoms with E-state index >= 15 is 0 Å². The number of hydrogen-bond donors (Lipinski definition) is 1. The van der Waals surface area contributed by atoms with Crippen LogP contribution in [0.3, 0.4) is 0 Å². The Hall–Kier alpha value is -1.36. The van der Waals surface area contributed by atoms with Crippen LogP contribution in [0.25, 0.3) is 0 Å². The molecule has 16 heavy (non-hydrogen) atoms. The molecule has 0 atom stereocenters. The van der Waals surface area contributed by atoms with E-state index < -0.39 is 0 Å². The molecule has 88 valence electrons. The maximum atomic E-state index is 5.32. The van der Waals surface area contributed by atoms with Gasteiger partial charge in [0.1, 0.15) is 0 Å². The SMILES string of the molecule is CCOc1cnc(N2CCCNCC2)nc1. The van der Waals surface area contributed by atoms with Crippen LogP contribution in [-0.2, 0) is 0 Å². The number of ether oxygens (including phenoxy) is 1. The standard InChI is InChI=1S/C11H18N4O/c1-2-16-10-8-13-11(14-9-10)15-6-3-4-12-5-7-15/h8-9,12H,2-7H2,1H3. The Morgan fingerprint density at radius 2 is 2.12 bits per heavy atom. The van der Waals surface area contributed by atoms with Gasteiger partial charge in [-0.1, -0.05) is 0 Å². The predicted molar refractivity (Wildman–Crippen MR) is 62.9 cm³/mol. The third-order valence-electron chi connectivity index (χ3n) is 2.55. The molecule has 2 heterocycles. The third-order valence-corrected chi connectivity index (χ3v) is 2.55. The Bertz CT molecular complexity index is 306. The largest absolute Gasteiger partial charge is 0.491 e. The highest BCUT2D eigenvalue weighted by molar-refractivity contribution is 5.31. The van der Waals surface area contributed by atoms with Crippen LogP contribution in [0.15, 0.2) is 12.4 Å². The lowest BCUT2D eigenvalue weighted by Gasteiger charge is -2.19. The molecule has 0 radical (unpaired) electrons. The molecule has 0 aromatic carbocycles. The summed E-state index contributed by atoms with van der Waals surface area (Å²) in [6.45, 7) is 6.66. The second-order valence-electron chi connectivity index (χ2n) is 3.74. The van der Waals surface area contributed by atoms with Crippen molar-refractivity contribution in [3.8, 4) is 5.75 Å². The normalized spacial score (nSPS) is 16.9. The molecular formula is C11H18N4O. The summed E-state index contributed by atoms with van der Waals surface area (Å²) in [6.07, 6.45) is 4.62. The first-order valence-corrected chi connectivity index (χ1v) is 5.80. The predicted octanol–water partition coefficient (Wildman–Crippen LogP) is 0.675. The van der Waals surface area contributed by atoms with Gasteiger partial charge in [-0.05, 0) is 19.9 Å². The van der Waals surface area contributed by atoms with Crippen molar-refractivity contribution >= 4 is 5.95 Å². The van der Waals surface area contributed by atoms with Crippen molar-refractivity contribution in [2.75, 3.05) is 37.7 Å². The van der Waals surface area contributed by atoms with E-state index in [0.29, 0.717) is 6.61 Å². The van der Waals surface area contributed by atoms with Gasteiger partial charge in [0.25, 0.3) is 0 Å². The summed E-state index contributed by atoms with van der Waals surface area (Å²) in [7, 11) is 0. The molecule has 1 N–H and O–H groups in total. The van der Waals surface area contributed by atoms with Crippen molar-refractivity contribution in [3.05, 3.63) is 12.4 Å². The molecule has 5 nitrogen and oxygen atoms in total. The Morgan fingerprint density at radius 1 is 1.31 bits per heavy atom. The number of nitrogens with one attached hydrogen (secondary N) is 1. The minimum Gasteiger partial charge on any atom is -0.491 e. The minimum atomic E-state index is 0.649. The van der Waals surface area contributed by atoms with Gasteiger partial charge in [-0.25, -0.2) is 9.97 Å². The van der Waals surface area contributed by atoms with Crippen LogP contribution < -0.4 is 15.0 Å². The number of nitrogens with zero attached hydrogens (tertiary/aromatic N) is 3. The van der Waals surface area contributed by atoms with Gasteiger partial charge >= 0.3 is 0 Å². The smallest absolute Gasteiger partial charge is 0.225 e. The van der Waals surface area contributed by atoms with Crippen LogP contribution in [0.5, 0.6) is 5.75 Å². The van der Waals surface area contributed by atoms with Gasteiger partial charge in [0, 0.05) is 19.6 Å². The molecule has 1 aliphatic rings. The Balaban J connectivity index is 2.01. The van der Waals surface area contributed by atoms with E-state index in [1.807, 2.05) is 6.92 Å². The van der Waals surface area contributed by atoms with Gasteiger partial charge in [-0.3, -0.25) is 0 Å². The highest BCUT2D eigenvalue weighted by Crippen LogP contribution is 2.12. The molecule has 0 bridgehead atoms. The number of anilines is 1. The summed E-state index contributed by atoms with van der Waals surface area (Å²) in [5, 5.41) is 3.36. The van der Waals surface area contributed by atoms with Gasteiger partial charge in [0.2, 0.25) is 5.95 Å². The van der Waals surface area contributed by atoms with Crippen LogP contribution in [0.2, 0.25) is 0 Å². The van der Waals surface area contributed by atoms with Crippen LogP contribution in [0, 0.1) is 0 Å². The van der Waals surface area contributed by atoms with Crippen molar-refractivity contribution in [2.45, 2.75) is 13.3 Å². The van der Waals surface area contributed by atoms with Crippen LogP contribution in [-0.4, -0.2) is 42.8 Å². The zero-order valence-electron chi connectivity index (χ0n) is 9.65. The van der Waals surface area contributed by atoms with Gasteiger partial charge < -0.3 is 15.0 Å². The number of rotatable bonds is 3. The first-order valence-electron chi connectivity index (χ1n) is 5.80. The highest BCUT2D eigenvalue weighted by atomic mass is 16.5. The molecule has 2 rings (SSSR count). The second-order valence-corrected chi connectivity index (χ2v) is 3.74. The van der Waals surface area contributed by atoms with E-state index in [1.165, 1.54) is 0 Å². The third kappa shape index (κ3) is 2.82. The van der Waals surface area contributed by atoms with Crippen LogP contribution in [0.4, 0.5) is 5.95 Å². The summed E-state index contributed by atoms with van der Waals surface area (Å²) < 4.78 is 5.32. The molecule has 0 unspecified atom stereocenters. The summed E-state index contributed by atoms with van der Waals surface area (Å²) >= 11 is 0. The molecule has 0 amide bonds. The van der Waals surface area contributed by atoms with E-state index in [2.05, 4.69) is 20.2 Å². The van der Waals surface area contributed by atoms with E-state index in [-0.39, 0.29) is 0 Å². The van der Waals surface area contributed by atoms with Gasteiger partial charge in [-0.2, -0.15) is 0 Å². The molecule has 1 aromatic heterocycles. The summed E-state index contributed by atoms with van der Waals surface area (Å²) in [5.41, 5.74) is 0. The summed E-state index contributed by atoms with van der Waals surface area (Å²) in [4.78, 5) is 10.9. The maximum absolute atomic E-state index is 5.32. The molecule has 5 heteroatoms. The van der Waals surface area contributed by atoms with E-state index in [9.17, 15) is 0 Å². The lowest BCUT2D eigenvalue weighted by molar-refractivity contribution is 0.337. The first kappa shape index (κ1) is 11.1. The fourth-order valence-electron chi connectivity index (χ4n) is 1.76. The number of aromatic nitrogens is 2. The fourth-order valence-corrected chi connectivity index (χ4v) is 1.76. The summed E-state index contributed by atoms with van der Waals surface area (Å²) in [5.74, 6) is 1.53. The lowest BCUT2D eigenvalue weighted by atomic mass is 10.4. The average molecular weight is 222 g/mol. The summed E-state index contributed by atoms with van der Waals surface area (Å²) in [6, 6.07) is 0.